The second kappa shape index (κ2) is 31.7. The summed E-state index contributed by atoms with van der Waals surface area (Å²) in [5, 5.41) is 31.9. The first-order valence-corrected chi connectivity index (χ1v) is 26.1. The van der Waals surface area contributed by atoms with Crippen LogP contribution >= 0.6 is 0 Å². The van der Waals surface area contributed by atoms with Crippen molar-refractivity contribution in [3.05, 3.63) is 83.4 Å². The average Bonchev–Trinajstić information content (AvgIpc) is 3.39. The SMILES string of the molecule is CC[C@H](C)[C@H]1NC(=O)[C@@H](CC(N)=O)NC(=O)[C@H](NC(=O)/C=C/c2ccccc2/C=C/C(=O)O)[C@@H](C)OC(=O)[C@H](CC(C)C)NC(=O)[C@@H](C(C)C)NC(=O)CNC(=O)CNC(=O)[C@@H](C(C)C)NC(=O)[C@H](Cc2ccccc2)NC1=O. The molecular formula is C55H76N10O14. The number of carboxylic acids is 1. The number of ether oxygens (including phenoxy) is 1. The van der Waals surface area contributed by atoms with E-state index in [4.69, 9.17) is 10.5 Å². The molecule has 0 unspecified atom stereocenters. The minimum Gasteiger partial charge on any atom is -0.478 e. The van der Waals surface area contributed by atoms with Crippen LogP contribution in [0.4, 0.5) is 0 Å². The number of hydrogen-bond acceptors (Lipinski definition) is 13. The molecule has 430 valence electrons. The summed E-state index contributed by atoms with van der Waals surface area (Å²) in [6.07, 6.45) is 2.20. The zero-order valence-corrected chi connectivity index (χ0v) is 46.0. The third-order valence-corrected chi connectivity index (χ3v) is 12.6. The van der Waals surface area contributed by atoms with Crippen LogP contribution in [0, 0.1) is 23.7 Å². The van der Waals surface area contributed by atoms with Gasteiger partial charge in [0.05, 0.1) is 19.5 Å². The van der Waals surface area contributed by atoms with E-state index < -0.39 is 157 Å². The van der Waals surface area contributed by atoms with Gasteiger partial charge in [0.25, 0.3) is 0 Å². The minimum absolute atomic E-state index is 0.0281. The lowest BCUT2D eigenvalue weighted by atomic mass is 9.96. The minimum atomic E-state index is -1.87. The fraction of sp³-hybridized carbons (Fsp3) is 0.491. The predicted octanol–water partition coefficient (Wildman–Crippen LogP) is -0.109. The standard InChI is InChI=1S/C55H76N10O14/c1-10-32(8)47-53(76)59-37(25-34-16-12-11-13-17-34)49(72)64-45(30(4)5)51(74)58-27-42(68)57-28-43(69)63-46(31(6)7)52(75)61-39(24-29(2)3)55(78)79-33(9)48(54(77)60-38(26-40(56)66)50(73)65-47)62-41(67)22-20-35-18-14-15-19-36(35)21-23-44(70)71/h11-23,29-33,37-39,45-48H,10,24-28H2,1-9H3,(H2,56,66)(H,57,68)(H,58,74)(H,59,76)(H,60,77)(H,61,75)(H,62,67)(H,63,69)(H,64,72)(H,65,73)(H,70,71)/b22-20+,23-21+/t32-,33+,37-,38+,39-,45+,46+,47+,48+/m0/s1. The summed E-state index contributed by atoms with van der Waals surface area (Å²) in [7, 11) is 0. The number of nitrogens with two attached hydrogens (primary N) is 1. The Bertz CT molecular complexity index is 2590. The average molecular weight is 1100 g/mol. The lowest BCUT2D eigenvalue weighted by Gasteiger charge is -2.30. The topological polar surface area (TPSA) is 369 Å². The van der Waals surface area contributed by atoms with Crippen molar-refractivity contribution in [3.63, 3.8) is 0 Å². The molecule has 10 amide bonds. The van der Waals surface area contributed by atoms with Gasteiger partial charge in [-0.1, -0.05) is 116 Å². The Labute approximate surface area is 459 Å². The molecule has 24 nitrogen and oxygen atoms in total. The summed E-state index contributed by atoms with van der Waals surface area (Å²) in [4.78, 5) is 163. The number of carbonyl (C=O) groups excluding carboxylic acids is 11. The number of amides is 10. The Morgan fingerprint density at radius 1 is 0.633 bits per heavy atom. The van der Waals surface area contributed by atoms with E-state index in [-0.39, 0.29) is 25.2 Å². The molecular weight excluding hydrogens is 1020 g/mol. The number of esters is 1. The van der Waals surface area contributed by atoms with Gasteiger partial charge < -0.3 is 63.4 Å². The van der Waals surface area contributed by atoms with Crippen LogP contribution in [-0.4, -0.2) is 138 Å². The first kappa shape index (κ1) is 64.8. The second-order valence-corrected chi connectivity index (χ2v) is 20.3. The molecule has 9 atom stereocenters. The van der Waals surface area contributed by atoms with E-state index in [0.29, 0.717) is 16.7 Å². The summed E-state index contributed by atoms with van der Waals surface area (Å²) in [5.41, 5.74) is 6.98. The fourth-order valence-electron chi connectivity index (χ4n) is 8.03. The van der Waals surface area contributed by atoms with Crippen LogP contribution in [-0.2, 0) is 68.7 Å². The smallest absolute Gasteiger partial charge is 0.328 e. The van der Waals surface area contributed by atoms with E-state index in [1.807, 2.05) is 0 Å². The van der Waals surface area contributed by atoms with Gasteiger partial charge in [-0.15, -0.1) is 0 Å². The van der Waals surface area contributed by atoms with Crippen molar-refractivity contribution in [2.75, 3.05) is 13.1 Å². The van der Waals surface area contributed by atoms with Crippen LogP contribution in [0.5, 0.6) is 0 Å². The van der Waals surface area contributed by atoms with E-state index in [1.54, 1.807) is 110 Å². The Kier molecular flexibility index (Phi) is 26.0. The van der Waals surface area contributed by atoms with Gasteiger partial charge in [0.15, 0.2) is 0 Å². The number of carboxylic acid groups (broad SMARTS) is 1. The normalized spacial score (nSPS) is 23.7. The monoisotopic (exact) mass is 1100 g/mol. The highest BCUT2D eigenvalue weighted by Gasteiger charge is 2.39. The van der Waals surface area contributed by atoms with E-state index in [9.17, 15) is 62.6 Å². The Hall–Kier alpha value is -8.44. The quantitative estimate of drug-likeness (QED) is 0.0820. The molecule has 12 N–H and O–H groups in total. The number of aliphatic carboxylic acids is 1. The molecule has 1 saturated heterocycles. The molecule has 1 aliphatic rings. The number of benzene rings is 2. The first-order valence-electron chi connectivity index (χ1n) is 26.1. The zero-order chi connectivity index (χ0) is 59.1. The van der Waals surface area contributed by atoms with E-state index >= 15 is 0 Å². The highest BCUT2D eigenvalue weighted by atomic mass is 16.5. The summed E-state index contributed by atoms with van der Waals surface area (Å²) in [6, 6.07) is 4.51. The maximum absolute atomic E-state index is 14.5. The number of hydrogen-bond donors (Lipinski definition) is 11. The van der Waals surface area contributed by atoms with Crippen molar-refractivity contribution < 1.29 is 67.4 Å². The Balaban J connectivity index is 2.19. The van der Waals surface area contributed by atoms with Crippen LogP contribution < -0.4 is 53.6 Å². The van der Waals surface area contributed by atoms with E-state index in [2.05, 4.69) is 47.9 Å². The van der Waals surface area contributed by atoms with Crippen molar-refractivity contribution in [1.29, 1.82) is 0 Å². The summed E-state index contributed by atoms with van der Waals surface area (Å²) in [6.45, 7) is 13.3. The van der Waals surface area contributed by atoms with Crippen LogP contribution in [0.25, 0.3) is 12.2 Å². The maximum atomic E-state index is 14.5. The number of primary amides is 1. The third-order valence-electron chi connectivity index (χ3n) is 12.6. The summed E-state index contributed by atoms with van der Waals surface area (Å²) < 4.78 is 5.79. The molecule has 0 bridgehead atoms. The van der Waals surface area contributed by atoms with Crippen LogP contribution in [0.1, 0.15) is 98.3 Å². The van der Waals surface area contributed by atoms with Gasteiger partial charge in [-0.05, 0) is 65.9 Å². The lowest BCUT2D eigenvalue weighted by Crippen LogP contribution is -2.62. The van der Waals surface area contributed by atoms with Crippen molar-refractivity contribution in [2.45, 2.75) is 136 Å². The van der Waals surface area contributed by atoms with Gasteiger partial charge in [-0.2, -0.15) is 0 Å². The van der Waals surface area contributed by atoms with Crippen molar-refractivity contribution >= 4 is 83.2 Å². The molecule has 0 aromatic heterocycles. The molecule has 1 heterocycles. The molecule has 0 spiro atoms. The highest BCUT2D eigenvalue weighted by molar-refractivity contribution is 6.00. The molecule has 24 heteroatoms. The molecule has 1 fully saturated rings. The van der Waals surface area contributed by atoms with Gasteiger partial charge in [0.1, 0.15) is 48.4 Å². The number of rotatable bonds is 15. The third kappa shape index (κ3) is 21.8. The van der Waals surface area contributed by atoms with Gasteiger partial charge in [-0.3, -0.25) is 47.9 Å². The fourth-order valence-corrected chi connectivity index (χ4v) is 8.03. The van der Waals surface area contributed by atoms with Crippen LogP contribution in [0.2, 0.25) is 0 Å². The molecule has 0 saturated carbocycles. The molecule has 2 aromatic rings. The van der Waals surface area contributed by atoms with Gasteiger partial charge >= 0.3 is 11.9 Å². The highest BCUT2D eigenvalue weighted by Crippen LogP contribution is 2.16. The molecule has 1 aliphatic heterocycles. The maximum Gasteiger partial charge on any atom is 0.328 e. The number of carbonyl (C=O) groups is 12. The van der Waals surface area contributed by atoms with Crippen molar-refractivity contribution in [1.82, 2.24) is 47.9 Å². The summed E-state index contributed by atoms with van der Waals surface area (Å²) >= 11 is 0. The lowest BCUT2D eigenvalue weighted by molar-refractivity contribution is -0.156. The molecule has 0 aliphatic carbocycles. The largest absolute Gasteiger partial charge is 0.478 e. The van der Waals surface area contributed by atoms with Crippen LogP contribution in [0.15, 0.2) is 66.7 Å². The number of nitrogens with one attached hydrogen (secondary N) is 9. The van der Waals surface area contributed by atoms with Gasteiger partial charge in [0.2, 0.25) is 59.1 Å². The van der Waals surface area contributed by atoms with E-state index in [0.717, 1.165) is 12.2 Å². The number of cyclic esters (lactones) is 1. The van der Waals surface area contributed by atoms with Crippen LogP contribution in [0.3, 0.4) is 0 Å². The Morgan fingerprint density at radius 2 is 1.15 bits per heavy atom. The van der Waals surface area contributed by atoms with Crippen molar-refractivity contribution in [3.8, 4) is 0 Å². The summed E-state index contributed by atoms with van der Waals surface area (Å²) in [5.74, 6) is -13.6. The molecule has 2 aromatic carbocycles. The molecule has 79 heavy (non-hydrogen) atoms. The predicted molar refractivity (Wildman–Crippen MR) is 290 cm³/mol. The van der Waals surface area contributed by atoms with Gasteiger partial charge in [0, 0.05) is 18.6 Å². The second-order valence-electron chi connectivity index (χ2n) is 20.3. The Morgan fingerprint density at radius 3 is 1.72 bits per heavy atom. The van der Waals surface area contributed by atoms with Crippen molar-refractivity contribution in [2.24, 2.45) is 29.4 Å². The molecule has 3 rings (SSSR count). The first-order chi connectivity index (χ1) is 37.2. The van der Waals surface area contributed by atoms with E-state index in [1.165, 1.54) is 19.1 Å². The molecule has 0 radical (unpaired) electrons. The zero-order valence-electron chi connectivity index (χ0n) is 46.0. The van der Waals surface area contributed by atoms with Gasteiger partial charge in [-0.25, -0.2) is 9.59 Å².